The van der Waals surface area contributed by atoms with E-state index >= 15 is 0 Å². The van der Waals surface area contributed by atoms with Crippen molar-refractivity contribution in [3.8, 4) is 5.75 Å². The Labute approximate surface area is 203 Å². The number of rotatable bonds is 9. The Morgan fingerprint density at radius 1 is 1.03 bits per heavy atom. The molecule has 184 valence electrons. The number of alkyl halides is 2. The second-order valence-electron chi connectivity index (χ2n) is 8.75. The summed E-state index contributed by atoms with van der Waals surface area (Å²) in [4.78, 5) is 26.5. The highest BCUT2D eigenvalue weighted by Crippen LogP contribution is 2.47. The molecule has 2 heterocycles. The van der Waals surface area contributed by atoms with E-state index in [0.29, 0.717) is 17.1 Å². The van der Waals surface area contributed by atoms with Crippen LogP contribution in [0.3, 0.4) is 0 Å². The van der Waals surface area contributed by atoms with E-state index < -0.39 is 20.5 Å². The quantitative estimate of drug-likeness (QED) is 0.153. The van der Waals surface area contributed by atoms with E-state index in [4.69, 9.17) is 20.3 Å². The van der Waals surface area contributed by atoms with Crippen molar-refractivity contribution in [2.75, 3.05) is 12.3 Å². The molecule has 0 aliphatic rings. The molecular formula is C26H28F2N3O3P. The Bertz CT molecular complexity index is 1370. The van der Waals surface area contributed by atoms with Gasteiger partial charge in [-0.3, -0.25) is 4.98 Å². The number of pyridine rings is 2. The van der Waals surface area contributed by atoms with Crippen LogP contribution in [0, 0.1) is 13.8 Å². The number of aryl methyl sites for hydroxylation is 4. The van der Waals surface area contributed by atoms with E-state index in [1.165, 1.54) is 0 Å². The van der Waals surface area contributed by atoms with Crippen LogP contribution in [0.15, 0.2) is 48.7 Å². The summed E-state index contributed by atoms with van der Waals surface area (Å²) in [5.41, 5.74) is 8.67. The van der Waals surface area contributed by atoms with Crippen molar-refractivity contribution >= 4 is 36.0 Å². The second-order valence-corrected chi connectivity index (χ2v) is 9.99. The molecule has 0 aliphatic heterocycles. The van der Waals surface area contributed by atoms with Crippen molar-refractivity contribution in [3.05, 3.63) is 70.9 Å². The summed E-state index contributed by atoms with van der Waals surface area (Å²) in [7, 11) is -3.27. The maximum Gasteiger partial charge on any atom is 0.314 e. The van der Waals surface area contributed by atoms with Gasteiger partial charge in [0.25, 0.3) is 0 Å². The van der Waals surface area contributed by atoms with Crippen molar-refractivity contribution in [3.63, 3.8) is 0 Å². The Kier molecular flexibility index (Phi) is 7.45. The molecule has 6 nitrogen and oxygen atoms in total. The van der Waals surface area contributed by atoms with Crippen molar-refractivity contribution in [1.29, 1.82) is 0 Å². The van der Waals surface area contributed by atoms with Gasteiger partial charge in [0.2, 0.25) is 8.38 Å². The molecule has 0 fully saturated rings. The second kappa shape index (κ2) is 10.4. The zero-order valence-corrected chi connectivity index (χ0v) is 20.5. The molecule has 35 heavy (non-hydrogen) atoms. The van der Waals surface area contributed by atoms with Crippen molar-refractivity contribution in [2.45, 2.75) is 45.2 Å². The number of hydrogen-bond acceptors (Lipinski definition) is 6. The third kappa shape index (κ3) is 5.84. The lowest BCUT2D eigenvalue weighted by Crippen LogP contribution is -2.14. The first-order chi connectivity index (χ1) is 16.6. The minimum atomic E-state index is -3.47. The molecular weight excluding hydrogens is 471 g/mol. The lowest BCUT2D eigenvalue weighted by atomic mass is 9.99. The predicted molar refractivity (Wildman–Crippen MR) is 136 cm³/mol. The monoisotopic (exact) mass is 499 g/mol. The molecule has 4 rings (SSSR count). The zero-order valence-electron chi connectivity index (χ0n) is 19.6. The molecule has 0 amide bonds. The van der Waals surface area contributed by atoms with Crippen LogP contribution in [0.2, 0.25) is 0 Å². The van der Waals surface area contributed by atoms with Crippen LogP contribution in [0.1, 0.15) is 35.1 Å². The van der Waals surface area contributed by atoms with Crippen LogP contribution in [0.5, 0.6) is 5.75 Å². The van der Waals surface area contributed by atoms with Crippen LogP contribution in [-0.2, 0) is 12.8 Å². The van der Waals surface area contributed by atoms with E-state index in [9.17, 15) is 8.78 Å². The van der Waals surface area contributed by atoms with E-state index in [1.807, 2.05) is 44.3 Å². The van der Waals surface area contributed by atoms with Gasteiger partial charge in [0.1, 0.15) is 11.3 Å². The van der Waals surface area contributed by atoms with Gasteiger partial charge in [0.05, 0.1) is 12.1 Å². The summed E-state index contributed by atoms with van der Waals surface area (Å²) >= 11 is 0. The van der Waals surface area contributed by atoms with E-state index in [1.54, 1.807) is 0 Å². The van der Waals surface area contributed by atoms with Gasteiger partial charge in [-0.05, 0) is 79.6 Å². The van der Waals surface area contributed by atoms with Crippen LogP contribution < -0.4 is 10.5 Å². The largest absolute Gasteiger partial charge is 0.494 e. The van der Waals surface area contributed by atoms with Gasteiger partial charge in [-0.15, -0.1) is 0 Å². The number of aromatic nitrogens is 2. The first kappa shape index (κ1) is 25.2. The minimum absolute atomic E-state index is 0.0248. The Morgan fingerprint density at radius 3 is 2.57 bits per heavy atom. The molecule has 0 spiro atoms. The molecule has 0 radical (unpaired) electrons. The van der Waals surface area contributed by atoms with E-state index in [-0.39, 0.29) is 13.0 Å². The SMILES string of the molecule is Cc1ccc2c(c1)nc(N)c1ncc(CCc3ccc(OCCCC(F)(F)P(O)O)cc3C)cc12. The summed E-state index contributed by atoms with van der Waals surface area (Å²) < 4.78 is 32.1. The number of anilines is 1. The van der Waals surface area contributed by atoms with Crippen LogP contribution in [-0.4, -0.2) is 32.0 Å². The number of hydrogen-bond donors (Lipinski definition) is 3. The van der Waals surface area contributed by atoms with Gasteiger partial charge < -0.3 is 20.3 Å². The fraction of sp³-hybridized carbons (Fsp3) is 0.308. The normalized spacial score (nSPS) is 12.1. The van der Waals surface area contributed by atoms with Gasteiger partial charge >= 0.3 is 5.66 Å². The van der Waals surface area contributed by atoms with Crippen LogP contribution >= 0.6 is 8.38 Å². The molecule has 0 atom stereocenters. The summed E-state index contributed by atoms with van der Waals surface area (Å²) in [6.45, 7) is 4.09. The first-order valence-electron chi connectivity index (χ1n) is 11.4. The summed E-state index contributed by atoms with van der Waals surface area (Å²) in [5, 5.41) is 2.02. The Hall–Kier alpha value is -2.93. The molecule has 0 saturated heterocycles. The Morgan fingerprint density at radius 2 is 1.83 bits per heavy atom. The number of benzene rings is 2. The molecule has 2 aromatic heterocycles. The Balaban J connectivity index is 1.42. The fourth-order valence-electron chi connectivity index (χ4n) is 4.09. The average molecular weight is 499 g/mol. The molecule has 0 aliphatic carbocycles. The number of nitrogens with zero attached hydrogens (tertiary/aromatic N) is 2. The standard InChI is InChI=1S/C26H28F2N3O3P/c1-16-4-9-21-22-14-18(15-30-24(22)25(29)31-23(21)12-16)5-6-19-7-8-20(13-17(19)2)34-11-3-10-26(27,28)35(32)33/h4,7-9,12-15,32-33H,3,5-6,10-11H2,1-2H3,(H2,29,31). The third-order valence-electron chi connectivity index (χ3n) is 6.05. The third-order valence-corrected chi connectivity index (χ3v) is 6.86. The van der Waals surface area contributed by atoms with Crippen LogP contribution in [0.4, 0.5) is 14.6 Å². The maximum atomic E-state index is 13.3. The molecule has 4 N–H and O–H groups in total. The first-order valence-corrected chi connectivity index (χ1v) is 12.6. The van der Waals surface area contributed by atoms with Gasteiger partial charge in [0, 0.05) is 23.4 Å². The highest BCUT2D eigenvalue weighted by molar-refractivity contribution is 7.46. The molecule has 0 saturated carbocycles. The van der Waals surface area contributed by atoms with Gasteiger partial charge in [-0.25, -0.2) is 4.98 Å². The van der Waals surface area contributed by atoms with Crippen molar-refractivity contribution in [2.24, 2.45) is 0 Å². The highest BCUT2D eigenvalue weighted by Gasteiger charge is 2.37. The predicted octanol–water partition coefficient (Wildman–Crippen LogP) is 5.82. The number of fused-ring (bicyclic) bond motifs is 3. The van der Waals surface area contributed by atoms with Gasteiger partial charge in [-0.2, -0.15) is 8.78 Å². The summed E-state index contributed by atoms with van der Waals surface area (Å²) in [5.74, 6) is 1.02. The molecule has 4 aromatic rings. The maximum absolute atomic E-state index is 13.3. The molecule has 0 unspecified atom stereocenters. The number of nitrogens with two attached hydrogens (primary N) is 1. The highest BCUT2D eigenvalue weighted by atomic mass is 31.2. The topological polar surface area (TPSA) is 101 Å². The van der Waals surface area contributed by atoms with E-state index in [0.717, 1.165) is 51.4 Å². The minimum Gasteiger partial charge on any atom is -0.494 e. The number of nitrogen functional groups attached to an aromatic ring is 1. The van der Waals surface area contributed by atoms with Gasteiger partial charge in [-0.1, -0.05) is 18.2 Å². The van der Waals surface area contributed by atoms with E-state index in [2.05, 4.69) is 28.2 Å². The fourth-order valence-corrected chi connectivity index (χ4v) is 4.45. The van der Waals surface area contributed by atoms with Crippen LogP contribution in [0.25, 0.3) is 21.8 Å². The smallest absolute Gasteiger partial charge is 0.314 e. The zero-order chi connectivity index (χ0) is 25.2. The van der Waals surface area contributed by atoms with Crippen molar-refractivity contribution in [1.82, 2.24) is 9.97 Å². The number of halogens is 2. The lowest BCUT2D eigenvalue weighted by Gasteiger charge is -2.17. The molecule has 9 heteroatoms. The number of ether oxygens (including phenoxy) is 1. The average Bonchev–Trinajstić information content (AvgIpc) is 2.81. The van der Waals surface area contributed by atoms with Crippen molar-refractivity contribution < 1.29 is 23.3 Å². The summed E-state index contributed by atoms with van der Waals surface area (Å²) in [6, 6.07) is 14.0. The molecule has 0 bridgehead atoms. The summed E-state index contributed by atoms with van der Waals surface area (Å²) in [6.07, 6.45) is 2.84. The molecule has 2 aromatic carbocycles. The lowest BCUT2D eigenvalue weighted by molar-refractivity contribution is 0.0592. The van der Waals surface area contributed by atoms with Gasteiger partial charge in [0.15, 0.2) is 5.82 Å².